The van der Waals surface area contributed by atoms with Gasteiger partial charge in [-0.05, 0) is 25.7 Å². The second-order valence-corrected chi connectivity index (χ2v) is 3.90. The Morgan fingerprint density at radius 3 is 2.72 bits per heavy atom. The molecule has 6 heteroatoms. The molecule has 1 rings (SSSR count). The van der Waals surface area contributed by atoms with E-state index in [0.29, 0.717) is 0 Å². The van der Waals surface area contributed by atoms with Crippen molar-refractivity contribution in [2.45, 2.75) is 32.1 Å². The van der Waals surface area contributed by atoms with Crippen molar-refractivity contribution in [2.24, 2.45) is 5.16 Å². The van der Waals surface area contributed by atoms with Gasteiger partial charge in [0.1, 0.15) is 6.61 Å². The summed E-state index contributed by atoms with van der Waals surface area (Å²) in [4.78, 5) is 26.6. The number of nitrogens with one attached hydrogen (secondary N) is 1. The molecule has 0 saturated heterocycles. The Bertz CT molecular complexity index is 331. The average Bonchev–Trinajstić information content (AvgIpc) is 2.42. The lowest BCUT2D eigenvalue weighted by atomic mass is 9.99. The van der Waals surface area contributed by atoms with Crippen molar-refractivity contribution in [3.8, 4) is 0 Å². The molecule has 0 spiro atoms. The first kappa shape index (κ1) is 14.2. The van der Waals surface area contributed by atoms with Gasteiger partial charge in [0.05, 0.1) is 12.3 Å². The van der Waals surface area contributed by atoms with Crippen LogP contribution < -0.4 is 5.32 Å². The van der Waals surface area contributed by atoms with Gasteiger partial charge in [-0.25, -0.2) is 9.59 Å². The molecule has 0 atom stereocenters. The van der Waals surface area contributed by atoms with Crippen molar-refractivity contribution in [1.29, 1.82) is 0 Å². The summed E-state index contributed by atoms with van der Waals surface area (Å²) in [5.74, 6) is -0.521. The molecule has 18 heavy (non-hydrogen) atoms. The molecule has 1 N–H and O–H groups in total. The van der Waals surface area contributed by atoms with Crippen LogP contribution in [0.15, 0.2) is 17.8 Å². The highest BCUT2D eigenvalue weighted by Crippen LogP contribution is 2.14. The van der Waals surface area contributed by atoms with Crippen LogP contribution in [0.3, 0.4) is 0 Å². The maximum atomic E-state index is 11.2. The van der Waals surface area contributed by atoms with E-state index in [0.717, 1.165) is 37.5 Å². The second kappa shape index (κ2) is 8.27. The number of carbonyl (C=O) groups is 2. The zero-order valence-corrected chi connectivity index (χ0v) is 10.3. The van der Waals surface area contributed by atoms with Crippen LogP contribution in [0.1, 0.15) is 32.1 Å². The van der Waals surface area contributed by atoms with Gasteiger partial charge in [-0.3, -0.25) is 4.84 Å². The quantitative estimate of drug-likeness (QED) is 0.266. The summed E-state index contributed by atoms with van der Waals surface area (Å²) in [5, 5.41) is 6.22. The summed E-state index contributed by atoms with van der Waals surface area (Å²) in [6.07, 6.45) is 5.62. The number of amides is 1. The molecule has 1 saturated carbocycles. The lowest BCUT2D eigenvalue weighted by Gasteiger charge is -2.11. The molecule has 6 nitrogen and oxygen atoms in total. The standard InChI is InChI=1S/C12H18N2O4/c1-2-11(15)17-9-8-13-12(16)18-14-10-6-4-3-5-7-10/h2H,1,3-9H2,(H,13,16). The summed E-state index contributed by atoms with van der Waals surface area (Å²) in [7, 11) is 0. The Balaban J connectivity index is 2.09. The second-order valence-electron chi connectivity index (χ2n) is 3.90. The summed E-state index contributed by atoms with van der Waals surface area (Å²) in [6.45, 7) is 3.51. The molecule has 1 aliphatic carbocycles. The Kier molecular flexibility index (Phi) is 6.53. The third-order valence-electron chi connectivity index (χ3n) is 2.47. The molecule has 0 bridgehead atoms. The predicted molar refractivity (Wildman–Crippen MR) is 66.2 cm³/mol. The van der Waals surface area contributed by atoms with Crippen molar-refractivity contribution >= 4 is 17.8 Å². The van der Waals surface area contributed by atoms with Crippen molar-refractivity contribution in [3.63, 3.8) is 0 Å². The molecule has 1 aliphatic rings. The largest absolute Gasteiger partial charge is 0.461 e. The van der Waals surface area contributed by atoms with Gasteiger partial charge in [0.15, 0.2) is 0 Å². The van der Waals surface area contributed by atoms with Crippen molar-refractivity contribution in [3.05, 3.63) is 12.7 Å². The van der Waals surface area contributed by atoms with Crippen LogP contribution in [-0.2, 0) is 14.4 Å². The highest BCUT2D eigenvalue weighted by Gasteiger charge is 2.08. The van der Waals surface area contributed by atoms with E-state index in [-0.39, 0.29) is 13.2 Å². The molecule has 0 radical (unpaired) electrons. The lowest BCUT2D eigenvalue weighted by molar-refractivity contribution is -0.137. The molecule has 0 heterocycles. The molecule has 0 aromatic rings. The molecule has 0 aromatic carbocycles. The van der Waals surface area contributed by atoms with E-state index in [4.69, 9.17) is 4.84 Å². The van der Waals surface area contributed by atoms with E-state index < -0.39 is 12.1 Å². The van der Waals surface area contributed by atoms with Crippen LogP contribution in [0, 0.1) is 0 Å². The fraction of sp³-hybridized carbons (Fsp3) is 0.583. The predicted octanol–water partition coefficient (Wildman–Crippen LogP) is 1.76. The Hall–Kier alpha value is -1.85. The third kappa shape index (κ3) is 6.03. The van der Waals surface area contributed by atoms with E-state index in [2.05, 4.69) is 21.8 Å². The highest BCUT2D eigenvalue weighted by molar-refractivity contribution is 5.85. The first-order valence-corrected chi connectivity index (χ1v) is 6.02. The fourth-order valence-electron chi connectivity index (χ4n) is 1.55. The first-order valence-electron chi connectivity index (χ1n) is 6.02. The van der Waals surface area contributed by atoms with Gasteiger partial charge in [-0.1, -0.05) is 18.2 Å². The number of ether oxygens (including phenoxy) is 1. The van der Waals surface area contributed by atoms with E-state index in [9.17, 15) is 9.59 Å². The summed E-state index contributed by atoms with van der Waals surface area (Å²) in [6, 6.07) is 0. The number of rotatable bonds is 5. The minimum Gasteiger partial charge on any atom is -0.461 e. The lowest BCUT2D eigenvalue weighted by Crippen LogP contribution is -2.27. The van der Waals surface area contributed by atoms with Crippen LogP contribution in [0.2, 0.25) is 0 Å². The van der Waals surface area contributed by atoms with Crippen LogP contribution in [0.5, 0.6) is 0 Å². The van der Waals surface area contributed by atoms with Crippen molar-refractivity contribution < 1.29 is 19.2 Å². The van der Waals surface area contributed by atoms with E-state index in [1.807, 2.05) is 0 Å². The third-order valence-corrected chi connectivity index (χ3v) is 2.47. The summed E-state index contributed by atoms with van der Waals surface area (Å²) >= 11 is 0. The van der Waals surface area contributed by atoms with Crippen LogP contribution in [0.25, 0.3) is 0 Å². The van der Waals surface area contributed by atoms with Crippen molar-refractivity contribution in [2.75, 3.05) is 13.2 Å². The molecule has 1 fully saturated rings. The smallest absolute Gasteiger partial charge is 0.433 e. The highest BCUT2D eigenvalue weighted by atomic mass is 16.7. The number of hydrogen-bond donors (Lipinski definition) is 1. The van der Waals surface area contributed by atoms with E-state index in [1.165, 1.54) is 6.42 Å². The van der Waals surface area contributed by atoms with Gasteiger partial charge < -0.3 is 10.1 Å². The average molecular weight is 254 g/mol. The van der Waals surface area contributed by atoms with Crippen LogP contribution >= 0.6 is 0 Å². The van der Waals surface area contributed by atoms with Crippen LogP contribution in [-0.4, -0.2) is 30.9 Å². The normalized spacial score (nSPS) is 14.6. The zero-order chi connectivity index (χ0) is 13.2. The minimum atomic E-state index is -0.636. The number of hydrogen-bond acceptors (Lipinski definition) is 5. The van der Waals surface area contributed by atoms with Crippen molar-refractivity contribution in [1.82, 2.24) is 5.32 Å². The summed E-state index contributed by atoms with van der Waals surface area (Å²) in [5.41, 5.74) is 0.925. The number of esters is 1. The molecule has 0 unspecified atom stereocenters. The van der Waals surface area contributed by atoms with Gasteiger partial charge in [-0.15, -0.1) is 0 Å². The van der Waals surface area contributed by atoms with Gasteiger partial charge in [0.2, 0.25) is 0 Å². The Morgan fingerprint density at radius 1 is 1.33 bits per heavy atom. The monoisotopic (exact) mass is 254 g/mol. The number of oxime groups is 1. The Morgan fingerprint density at radius 2 is 2.06 bits per heavy atom. The van der Waals surface area contributed by atoms with E-state index in [1.54, 1.807) is 0 Å². The van der Waals surface area contributed by atoms with Gasteiger partial charge in [0, 0.05) is 6.08 Å². The molecule has 1 amide bonds. The Labute approximate surface area is 106 Å². The number of nitrogens with zero attached hydrogens (tertiary/aromatic N) is 1. The number of carbonyl (C=O) groups excluding carboxylic acids is 2. The molecular weight excluding hydrogens is 236 g/mol. The molecular formula is C12H18N2O4. The first-order chi connectivity index (χ1) is 8.72. The van der Waals surface area contributed by atoms with Gasteiger partial charge >= 0.3 is 12.1 Å². The topological polar surface area (TPSA) is 77.0 Å². The van der Waals surface area contributed by atoms with Crippen LogP contribution in [0.4, 0.5) is 4.79 Å². The maximum absolute atomic E-state index is 11.2. The van der Waals surface area contributed by atoms with E-state index >= 15 is 0 Å². The molecule has 0 aliphatic heterocycles. The van der Waals surface area contributed by atoms with Gasteiger partial charge in [-0.2, -0.15) is 0 Å². The van der Waals surface area contributed by atoms with Gasteiger partial charge in [0.25, 0.3) is 0 Å². The molecule has 0 aromatic heterocycles. The molecule has 100 valence electrons. The SMILES string of the molecule is C=CC(=O)OCCNC(=O)ON=C1CCCCC1. The summed E-state index contributed by atoms with van der Waals surface area (Å²) < 4.78 is 4.67. The minimum absolute atomic E-state index is 0.0799. The maximum Gasteiger partial charge on any atom is 0.433 e. The fourth-order valence-corrected chi connectivity index (χ4v) is 1.55. The zero-order valence-electron chi connectivity index (χ0n) is 10.3.